The van der Waals surface area contributed by atoms with Gasteiger partial charge in [-0.05, 0) is 18.6 Å². The molecule has 104 valence electrons. The fourth-order valence-corrected chi connectivity index (χ4v) is 2.16. The molecule has 3 rings (SSSR count). The second kappa shape index (κ2) is 6.18. The number of nitrogens with zero attached hydrogens (tertiary/aromatic N) is 3. The Kier molecular flexibility index (Phi) is 3.92. The third-order valence-corrected chi connectivity index (χ3v) is 3.24. The van der Waals surface area contributed by atoms with Crippen LogP contribution in [0.4, 0.5) is 0 Å². The number of hydrogen-bond donors (Lipinski definition) is 0. The van der Waals surface area contributed by atoms with Crippen LogP contribution in [0.1, 0.15) is 18.2 Å². The maximum absolute atomic E-state index is 4.57. The van der Waals surface area contributed by atoms with Gasteiger partial charge in [0.1, 0.15) is 11.4 Å². The lowest BCUT2D eigenvalue weighted by Gasteiger charge is -1.96. The Morgan fingerprint density at radius 3 is 2.19 bits per heavy atom. The monoisotopic (exact) mass is 275 g/mol. The van der Waals surface area contributed by atoms with Gasteiger partial charge < -0.3 is 0 Å². The van der Waals surface area contributed by atoms with Crippen LogP contribution in [0, 0.1) is 0 Å². The van der Waals surface area contributed by atoms with E-state index in [1.165, 1.54) is 0 Å². The summed E-state index contributed by atoms with van der Waals surface area (Å²) in [5, 5.41) is 9.10. The Balaban J connectivity index is 1.98. The minimum Gasteiger partial charge on any atom is -0.184 e. The molecule has 0 aliphatic carbocycles. The van der Waals surface area contributed by atoms with Gasteiger partial charge in [0.05, 0.1) is 6.54 Å². The zero-order chi connectivity index (χ0) is 14.5. The van der Waals surface area contributed by atoms with E-state index in [1.807, 2.05) is 49.4 Å². The predicted molar refractivity (Wildman–Crippen MR) is 86.5 cm³/mol. The van der Waals surface area contributed by atoms with Gasteiger partial charge in [0.25, 0.3) is 0 Å². The van der Waals surface area contributed by atoms with Crippen molar-refractivity contribution in [1.82, 2.24) is 15.0 Å². The zero-order valence-corrected chi connectivity index (χ0v) is 12.0. The summed E-state index contributed by atoms with van der Waals surface area (Å²) in [5.41, 5.74) is 4.06. The number of rotatable bonds is 4. The van der Waals surface area contributed by atoms with E-state index < -0.39 is 0 Å². The molecule has 0 atom stereocenters. The molecule has 0 spiro atoms. The quantitative estimate of drug-likeness (QED) is 0.716. The molecule has 3 heteroatoms. The average Bonchev–Trinajstić information content (AvgIpc) is 2.98. The van der Waals surface area contributed by atoms with Crippen LogP contribution in [0.15, 0.2) is 60.7 Å². The standard InChI is InChI=1S/C18H17N3/c1-2-21-19-17(14-13-15-9-5-3-6-10-15)18(20-21)16-11-7-4-8-12-16/h3-14H,2H2,1H3/b14-13+. The average molecular weight is 275 g/mol. The predicted octanol–water partition coefficient (Wildman–Crippen LogP) is 4.14. The van der Waals surface area contributed by atoms with E-state index in [0.717, 1.165) is 29.1 Å². The second-order valence-corrected chi connectivity index (χ2v) is 4.73. The van der Waals surface area contributed by atoms with Crippen LogP contribution in [-0.4, -0.2) is 15.0 Å². The molecule has 21 heavy (non-hydrogen) atoms. The van der Waals surface area contributed by atoms with Crippen molar-refractivity contribution in [2.45, 2.75) is 13.5 Å². The highest BCUT2D eigenvalue weighted by molar-refractivity contribution is 5.76. The summed E-state index contributed by atoms with van der Waals surface area (Å²) in [7, 11) is 0. The summed E-state index contributed by atoms with van der Waals surface area (Å²) in [6.45, 7) is 2.80. The summed E-state index contributed by atoms with van der Waals surface area (Å²) >= 11 is 0. The third-order valence-electron chi connectivity index (χ3n) is 3.24. The first-order chi connectivity index (χ1) is 10.4. The van der Waals surface area contributed by atoms with Crippen LogP contribution in [-0.2, 0) is 6.54 Å². The minimum absolute atomic E-state index is 0.763. The van der Waals surface area contributed by atoms with Crippen LogP contribution in [0.2, 0.25) is 0 Å². The van der Waals surface area contributed by atoms with Crippen molar-refractivity contribution < 1.29 is 0 Å². The summed E-state index contributed by atoms with van der Waals surface area (Å²) in [4.78, 5) is 1.73. The van der Waals surface area contributed by atoms with Gasteiger partial charge in [-0.3, -0.25) is 0 Å². The molecule has 0 aliphatic rings. The molecule has 0 unspecified atom stereocenters. The van der Waals surface area contributed by atoms with Gasteiger partial charge in [0.2, 0.25) is 0 Å². The van der Waals surface area contributed by atoms with E-state index in [1.54, 1.807) is 4.80 Å². The van der Waals surface area contributed by atoms with E-state index in [-0.39, 0.29) is 0 Å². The molecular formula is C18H17N3. The maximum atomic E-state index is 4.57. The molecule has 0 amide bonds. The maximum Gasteiger partial charge on any atom is 0.120 e. The van der Waals surface area contributed by atoms with E-state index in [0.29, 0.717) is 0 Å². The molecule has 3 nitrogen and oxygen atoms in total. The van der Waals surface area contributed by atoms with Crippen molar-refractivity contribution in [3.8, 4) is 11.3 Å². The van der Waals surface area contributed by atoms with Crippen molar-refractivity contribution in [3.05, 3.63) is 71.9 Å². The number of aromatic nitrogens is 3. The fourth-order valence-electron chi connectivity index (χ4n) is 2.16. The Bertz CT molecular complexity index is 728. The number of aryl methyl sites for hydroxylation is 1. The van der Waals surface area contributed by atoms with Crippen LogP contribution in [0.25, 0.3) is 23.4 Å². The Labute approximate surface area is 124 Å². The van der Waals surface area contributed by atoms with Crippen molar-refractivity contribution in [1.29, 1.82) is 0 Å². The third kappa shape index (κ3) is 3.08. The highest BCUT2D eigenvalue weighted by Gasteiger charge is 2.09. The summed E-state index contributed by atoms with van der Waals surface area (Å²) in [5.74, 6) is 0. The largest absolute Gasteiger partial charge is 0.184 e. The smallest absolute Gasteiger partial charge is 0.120 e. The first kappa shape index (κ1) is 13.3. The van der Waals surface area contributed by atoms with Crippen LogP contribution in [0.5, 0.6) is 0 Å². The lowest BCUT2D eigenvalue weighted by Crippen LogP contribution is -1.98. The number of hydrogen-bond acceptors (Lipinski definition) is 2. The van der Waals surface area contributed by atoms with E-state index in [2.05, 4.69) is 40.5 Å². The highest BCUT2D eigenvalue weighted by atomic mass is 15.5. The molecule has 0 radical (unpaired) electrons. The number of benzene rings is 2. The molecular weight excluding hydrogens is 258 g/mol. The lowest BCUT2D eigenvalue weighted by molar-refractivity contribution is 0.570. The molecule has 0 saturated heterocycles. The van der Waals surface area contributed by atoms with Crippen molar-refractivity contribution >= 4 is 12.2 Å². The van der Waals surface area contributed by atoms with Crippen molar-refractivity contribution in [3.63, 3.8) is 0 Å². The lowest BCUT2D eigenvalue weighted by atomic mass is 10.1. The Hall–Kier alpha value is -2.68. The van der Waals surface area contributed by atoms with Crippen LogP contribution < -0.4 is 0 Å². The van der Waals surface area contributed by atoms with E-state index in [4.69, 9.17) is 0 Å². The van der Waals surface area contributed by atoms with Crippen molar-refractivity contribution in [2.24, 2.45) is 0 Å². The Morgan fingerprint density at radius 1 is 0.857 bits per heavy atom. The fraction of sp³-hybridized carbons (Fsp3) is 0.111. The zero-order valence-electron chi connectivity index (χ0n) is 12.0. The van der Waals surface area contributed by atoms with Gasteiger partial charge in [-0.1, -0.05) is 66.7 Å². The molecule has 0 N–H and O–H groups in total. The molecule has 1 aromatic heterocycles. The van der Waals surface area contributed by atoms with E-state index in [9.17, 15) is 0 Å². The van der Waals surface area contributed by atoms with Crippen LogP contribution in [0.3, 0.4) is 0 Å². The van der Waals surface area contributed by atoms with E-state index >= 15 is 0 Å². The summed E-state index contributed by atoms with van der Waals surface area (Å²) in [6, 6.07) is 20.4. The normalized spacial score (nSPS) is 11.1. The molecule has 0 aliphatic heterocycles. The molecule has 0 saturated carbocycles. The minimum atomic E-state index is 0.763. The van der Waals surface area contributed by atoms with Gasteiger partial charge >= 0.3 is 0 Å². The van der Waals surface area contributed by atoms with Gasteiger partial charge in [0, 0.05) is 5.56 Å². The second-order valence-electron chi connectivity index (χ2n) is 4.73. The van der Waals surface area contributed by atoms with Gasteiger partial charge in [0.15, 0.2) is 0 Å². The first-order valence-corrected chi connectivity index (χ1v) is 7.10. The molecule has 1 heterocycles. The summed E-state index contributed by atoms with van der Waals surface area (Å²) < 4.78 is 0. The molecule has 0 bridgehead atoms. The van der Waals surface area contributed by atoms with Crippen molar-refractivity contribution in [2.75, 3.05) is 0 Å². The summed E-state index contributed by atoms with van der Waals surface area (Å²) in [6.07, 6.45) is 4.09. The van der Waals surface area contributed by atoms with Crippen LogP contribution >= 0.6 is 0 Å². The van der Waals surface area contributed by atoms with Gasteiger partial charge in [-0.15, -0.1) is 0 Å². The highest BCUT2D eigenvalue weighted by Crippen LogP contribution is 2.21. The molecule has 3 aromatic rings. The Morgan fingerprint density at radius 2 is 1.52 bits per heavy atom. The molecule has 2 aromatic carbocycles. The SMILES string of the molecule is CCn1nc(/C=C/c2ccccc2)c(-c2ccccc2)n1. The first-order valence-electron chi connectivity index (χ1n) is 7.10. The topological polar surface area (TPSA) is 30.7 Å². The van der Waals surface area contributed by atoms with Gasteiger partial charge in [-0.25, -0.2) is 0 Å². The molecule has 0 fully saturated rings. The van der Waals surface area contributed by atoms with Gasteiger partial charge in [-0.2, -0.15) is 15.0 Å².